The van der Waals surface area contributed by atoms with E-state index in [4.69, 9.17) is 21.1 Å². The fourth-order valence-electron chi connectivity index (χ4n) is 2.71. The van der Waals surface area contributed by atoms with Crippen LogP contribution in [0.3, 0.4) is 0 Å². The molecule has 7 nitrogen and oxygen atoms in total. The maximum absolute atomic E-state index is 11.6. The smallest absolute Gasteiger partial charge is 0.224 e. The molecule has 0 aliphatic carbocycles. The Morgan fingerprint density at radius 3 is 2.81 bits per heavy atom. The largest absolute Gasteiger partial charge is 0.486 e. The zero-order valence-corrected chi connectivity index (χ0v) is 13.3. The highest BCUT2D eigenvalue weighted by molar-refractivity contribution is 7.89. The second kappa shape index (κ2) is 5.26. The Bertz CT molecular complexity index is 667. The Hall–Kier alpha value is -1.12. The fourth-order valence-corrected chi connectivity index (χ4v) is 3.58. The molecular weight excluding hydrogens is 318 g/mol. The summed E-state index contributed by atoms with van der Waals surface area (Å²) in [5.74, 6) is 0.747. The summed E-state index contributed by atoms with van der Waals surface area (Å²) < 4.78 is 34.3. The van der Waals surface area contributed by atoms with E-state index in [1.165, 1.54) is 0 Å². The van der Waals surface area contributed by atoms with E-state index in [1.54, 1.807) is 0 Å². The second-order valence-electron chi connectivity index (χ2n) is 5.42. The first-order valence-corrected chi connectivity index (χ1v) is 9.02. The van der Waals surface area contributed by atoms with Crippen molar-refractivity contribution in [3.8, 4) is 5.75 Å². The first-order valence-electron chi connectivity index (χ1n) is 6.58. The lowest BCUT2D eigenvalue weighted by atomic mass is 10.1. The standard InChI is InChI=1S/C12H16ClN3O4S/c1-7-3-19-4-8-5-20-10-9(6-21(2,17)18)14-12(13)15-11(10)16(7)8/h7-8H,3-6H2,1-2H3/t7-,8-/m1/s1. The number of sulfone groups is 1. The van der Waals surface area contributed by atoms with E-state index < -0.39 is 9.84 Å². The maximum Gasteiger partial charge on any atom is 0.224 e. The summed E-state index contributed by atoms with van der Waals surface area (Å²) in [5, 5.41) is 0.0235. The number of anilines is 1. The highest BCUT2D eigenvalue weighted by atomic mass is 35.5. The SMILES string of the molecule is C[C@@H]1COC[C@@H]2COc3c(CS(C)(=O)=O)nc(Cl)nc3N21. The molecule has 1 fully saturated rings. The van der Waals surface area contributed by atoms with Crippen LogP contribution in [0.25, 0.3) is 0 Å². The van der Waals surface area contributed by atoms with Gasteiger partial charge in [0.1, 0.15) is 12.3 Å². The van der Waals surface area contributed by atoms with Crippen LogP contribution >= 0.6 is 11.6 Å². The number of morpholine rings is 1. The Labute approximate surface area is 128 Å². The summed E-state index contributed by atoms with van der Waals surface area (Å²) in [6.45, 7) is 3.57. The first kappa shape index (κ1) is 14.8. The third-order valence-corrected chi connectivity index (χ3v) is 4.46. The van der Waals surface area contributed by atoms with Gasteiger partial charge in [-0.05, 0) is 18.5 Å². The molecule has 9 heteroatoms. The van der Waals surface area contributed by atoms with Gasteiger partial charge in [0.15, 0.2) is 21.4 Å². The van der Waals surface area contributed by atoms with Crippen LogP contribution < -0.4 is 9.64 Å². The van der Waals surface area contributed by atoms with Gasteiger partial charge in [-0.3, -0.25) is 0 Å². The molecule has 0 radical (unpaired) electrons. The molecule has 0 N–H and O–H groups in total. The molecule has 0 bridgehead atoms. The average Bonchev–Trinajstić information content (AvgIpc) is 2.36. The van der Waals surface area contributed by atoms with Gasteiger partial charge in [0, 0.05) is 6.26 Å². The van der Waals surface area contributed by atoms with E-state index in [0.29, 0.717) is 37.1 Å². The van der Waals surface area contributed by atoms with Gasteiger partial charge in [-0.25, -0.2) is 13.4 Å². The summed E-state index contributed by atoms with van der Waals surface area (Å²) in [6.07, 6.45) is 1.15. The van der Waals surface area contributed by atoms with Crippen LogP contribution in [0.2, 0.25) is 5.28 Å². The number of rotatable bonds is 2. The number of halogens is 1. The van der Waals surface area contributed by atoms with Gasteiger partial charge < -0.3 is 14.4 Å². The number of hydrogen-bond donors (Lipinski definition) is 0. The van der Waals surface area contributed by atoms with E-state index in [-0.39, 0.29) is 23.1 Å². The van der Waals surface area contributed by atoms with Gasteiger partial charge in [-0.1, -0.05) is 0 Å². The van der Waals surface area contributed by atoms with E-state index >= 15 is 0 Å². The molecule has 2 aliphatic heterocycles. The molecule has 3 rings (SSSR count). The maximum atomic E-state index is 11.6. The highest BCUT2D eigenvalue weighted by Crippen LogP contribution is 2.38. The summed E-state index contributed by atoms with van der Waals surface area (Å²) in [6, 6.07) is 0.168. The molecular formula is C12H16ClN3O4S. The lowest BCUT2D eigenvalue weighted by molar-refractivity contribution is 0.0484. The number of aromatic nitrogens is 2. The second-order valence-corrected chi connectivity index (χ2v) is 7.90. The molecule has 0 spiro atoms. The van der Waals surface area contributed by atoms with Crippen LogP contribution in [0.1, 0.15) is 12.6 Å². The number of hydrogen-bond acceptors (Lipinski definition) is 7. The van der Waals surface area contributed by atoms with Crippen molar-refractivity contribution in [3.63, 3.8) is 0 Å². The number of ether oxygens (including phenoxy) is 2. The highest BCUT2D eigenvalue weighted by Gasteiger charge is 2.37. The number of nitrogens with zero attached hydrogens (tertiary/aromatic N) is 3. The molecule has 116 valence electrons. The minimum Gasteiger partial charge on any atom is -0.486 e. The lowest BCUT2D eigenvalue weighted by Gasteiger charge is -2.44. The van der Waals surface area contributed by atoms with Crippen molar-refractivity contribution in [2.75, 3.05) is 31.0 Å². The lowest BCUT2D eigenvalue weighted by Crippen LogP contribution is -2.56. The molecule has 2 aliphatic rings. The predicted molar refractivity (Wildman–Crippen MR) is 77.6 cm³/mol. The van der Waals surface area contributed by atoms with Gasteiger partial charge in [-0.2, -0.15) is 4.98 Å². The van der Waals surface area contributed by atoms with E-state index in [0.717, 1.165) is 6.26 Å². The Morgan fingerprint density at radius 2 is 2.10 bits per heavy atom. The van der Waals surface area contributed by atoms with Crippen LogP contribution in [0, 0.1) is 0 Å². The van der Waals surface area contributed by atoms with Crippen LogP contribution in [-0.2, 0) is 20.3 Å². The van der Waals surface area contributed by atoms with E-state index in [2.05, 4.69) is 14.9 Å². The van der Waals surface area contributed by atoms with Crippen molar-refractivity contribution in [2.45, 2.75) is 24.8 Å². The summed E-state index contributed by atoms with van der Waals surface area (Å²) >= 11 is 5.96. The Kier molecular flexibility index (Phi) is 3.71. The minimum atomic E-state index is -3.24. The van der Waals surface area contributed by atoms with Crippen molar-refractivity contribution >= 4 is 27.3 Å². The van der Waals surface area contributed by atoms with Crippen molar-refractivity contribution in [1.82, 2.24) is 9.97 Å². The normalized spacial score (nSPS) is 25.0. The first-order chi connectivity index (χ1) is 9.85. The Morgan fingerprint density at radius 1 is 1.33 bits per heavy atom. The van der Waals surface area contributed by atoms with Gasteiger partial charge in [-0.15, -0.1) is 0 Å². The fraction of sp³-hybridized carbons (Fsp3) is 0.667. The quantitative estimate of drug-likeness (QED) is 0.735. The summed E-state index contributed by atoms with van der Waals surface area (Å²) in [5.41, 5.74) is 0.310. The van der Waals surface area contributed by atoms with E-state index in [9.17, 15) is 8.42 Å². The van der Waals surface area contributed by atoms with Gasteiger partial charge in [0.25, 0.3) is 0 Å². The van der Waals surface area contributed by atoms with Crippen LogP contribution in [0.5, 0.6) is 5.75 Å². The predicted octanol–water partition coefficient (Wildman–Crippen LogP) is 0.661. The molecule has 3 heterocycles. The molecule has 2 atom stereocenters. The third-order valence-electron chi connectivity index (χ3n) is 3.49. The molecule has 1 aromatic rings. The molecule has 1 aromatic heterocycles. The minimum absolute atomic E-state index is 0.0235. The monoisotopic (exact) mass is 333 g/mol. The number of fused-ring (bicyclic) bond motifs is 3. The summed E-state index contributed by atoms with van der Waals surface area (Å²) in [7, 11) is -3.24. The van der Waals surface area contributed by atoms with Crippen LogP contribution in [0.15, 0.2) is 0 Å². The van der Waals surface area contributed by atoms with E-state index in [1.807, 2.05) is 6.92 Å². The molecule has 0 unspecified atom stereocenters. The third kappa shape index (κ3) is 2.93. The van der Waals surface area contributed by atoms with Crippen LogP contribution in [0.4, 0.5) is 5.82 Å². The van der Waals surface area contributed by atoms with Crippen molar-refractivity contribution < 1.29 is 17.9 Å². The molecule has 0 aromatic carbocycles. The van der Waals surface area contributed by atoms with Crippen LogP contribution in [-0.4, -0.2) is 56.5 Å². The zero-order valence-electron chi connectivity index (χ0n) is 11.7. The average molecular weight is 334 g/mol. The molecule has 21 heavy (non-hydrogen) atoms. The van der Waals surface area contributed by atoms with Crippen molar-refractivity contribution in [2.24, 2.45) is 0 Å². The van der Waals surface area contributed by atoms with Crippen molar-refractivity contribution in [1.29, 1.82) is 0 Å². The molecule has 1 saturated heterocycles. The van der Waals surface area contributed by atoms with Gasteiger partial charge in [0.2, 0.25) is 5.28 Å². The van der Waals surface area contributed by atoms with Gasteiger partial charge >= 0.3 is 0 Å². The Balaban J connectivity index is 2.08. The summed E-state index contributed by atoms with van der Waals surface area (Å²) in [4.78, 5) is 10.4. The zero-order chi connectivity index (χ0) is 15.2. The topological polar surface area (TPSA) is 81.6 Å². The molecule has 0 amide bonds. The van der Waals surface area contributed by atoms with Crippen molar-refractivity contribution in [3.05, 3.63) is 11.0 Å². The van der Waals surface area contributed by atoms with Gasteiger partial charge in [0.05, 0.1) is 31.1 Å². The molecule has 0 saturated carbocycles.